The van der Waals surface area contributed by atoms with Crippen LogP contribution in [0.5, 0.6) is 0 Å². The van der Waals surface area contributed by atoms with Crippen LogP contribution in [0.15, 0.2) is 0 Å². The summed E-state index contributed by atoms with van der Waals surface area (Å²) in [6.07, 6.45) is 13.9. The highest BCUT2D eigenvalue weighted by Crippen LogP contribution is 2.23. The van der Waals surface area contributed by atoms with Crippen LogP contribution in [0.3, 0.4) is 0 Å². The van der Waals surface area contributed by atoms with Gasteiger partial charge in [-0.15, -0.1) is 12.3 Å². The summed E-state index contributed by atoms with van der Waals surface area (Å²) in [4.78, 5) is 12.0. The summed E-state index contributed by atoms with van der Waals surface area (Å²) in [6, 6.07) is 0.167. The Balaban J connectivity index is 2.40. The van der Waals surface area contributed by atoms with Gasteiger partial charge in [0.15, 0.2) is 0 Å². The maximum absolute atomic E-state index is 12.0. The first-order valence-corrected chi connectivity index (χ1v) is 6.51. The molecule has 1 N–H and O–H groups in total. The van der Waals surface area contributed by atoms with E-state index in [0.717, 1.165) is 19.3 Å². The van der Waals surface area contributed by atoms with Gasteiger partial charge in [-0.1, -0.05) is 32.6 Å². The normalized spacial score (nSPS) is 19.5. The van der Waals surface area contributed by atoms with Gasteiger partial charge in [-0.3, -0.25) is 4.79 Å². The van der Waals surface area contributed by atoms with Gasteiger partial charge in [0.2, 0.25) is 5.91 Å². The number of carbonyl (C=O) groups excluding carboxylic acids is 1. The lowest BCUT2D eigenvalue weighted by Crippen LogP contribution is -2.38. The van der Waals surface area contributed by atoms with Crippen molar-refractivity contribution in [2.24, 2.45) is 5.92 Å². The second kappa shape index (κ2) is 7.33. The molecule has 2 heteroatoms. The Kier molecular flexibility index (Phi) is 6.00. The third-order valence-corrected chi connectivity index (χ3v) is 3.43. The van der Waals surface area contributed by atoms with Crippen LogP contribution >= 0.6 is 0 Å². The molecule has 0 aliphatic heterocycles. The summed E-state index contributed by atoms with van der Waals surface area (Å²) in [5, 5.41) is 3.08. The fourth-order valence-corrected chi connectivity index (χ4v) is 2.30. The Morgan fingerprint density at radius 2 is 2.00 bits per heavy atom. The van der Waals surface area contributed by atoms with Gasteiger partial charge in [-0.25, -0.2) is 0 Å². The molecule has 0 spiro atoms. The van der Waals surface area contributed by atoms with E-state index in [2.05, 4.69) is 18.2 Å². The molecule has 1 fully saturated rings. The van der Waals surface area contributed by atoms with Crippen LogP contribution in [0.4, 0.5) is 0 Å². The number of terminal acetylenes is 1. The lowest BCUT2D eigenvalue weighted by molar-refractivity contribution is -0.126. The topological polar surface area (TPSA) is 29.1 Å². The standard InChI is InChI=1S/C14H23NO/c1-3-9-13(4-2)15-14(16)12-10-7-5-6-8-11-12/h1,12-13H,4-11H2,2H3,(H,15,16). The minimum absolute atomic E-state index is 0.167. The van der Waals surface area contributed by atoms with Crippen molar-refractivity contribution in [2.75, 3.05) is 0 Å². The van der Waals surface area contributed by atoms with Crippen LogP contribution in [0.1, 0.15) is 58.3 Å². The van der Waals surface area contributed by atoms with Gasteiger partial charge in [-0.05, 0) is 19.3 Å². The van der Waals surface area contributed by atoms with E-state index in [0.29, 0.717) is 6.42 Å². The molecule has 0 bridgehead atoms. The molecular formula is C14H23NO. The lowest BCUT2D eigenvalue weighted by atomic mass is 9.98. The van der Waals surface area contributed by atoms with E-state index in [1.807, 2.05) is 0 Å². The molecule has 1 saturated carbocycles. The predicted molar refractivity (Wildman–Crippen MR) is 66.9 cm³/mol. The molecular weight excluding hydrogens is 198 g/mol. The first kappa shape index (κ1) is 13.1. The lowest BCUT2D eigenvalue weighted by Gasteiger charge is -2.19. The Bertz CT molecular complexity index is 246. The van der Waals surface area contributed by atoms with Crippen LogP contribution < -0.4 is 5.32 Å². The first-order chi connectivity index (χ1) is 7.77. The second-order valence-corrected chi connectivity index (χ2v) is 4.71. The Morgan fingerprint density at radius 3 is 2.50 bits per heavy atom. The quantitative estimate of drug-likeness (QED) is 0.574. The van der Waals surface area contributed by atoms with Crippen LogP contribution in [0, 0.1) is 18.3 Å². The highest BCUT2D eigenvalue weighted by atomic mass is 16.1. The third-order valence-electron chi connectivity index (χ3n) is 3.43. The van der Waals surface area contributed by atoms with Gasteiger partial charge in [0.05, 0.1) is 0 Å². The fraction of sp³-hybridized carbons (Fsp3) is 0.786. The van der Waals surface area contributed by atoms with Crippen molar-refractivity contribution >= 4 is 5.91 Å². The van der Waals surface area contributed by atoms with Crippen molar-refractivity contribution in [3.8, 4) is 12.3 Å². The SMILES string of the molecule is C#CCC(CC)NC(=O)C1CCCCCC1. The molecule has 0 aromatic carbocycles. The van der Waals surface area contributed by atoms with Crippen LogP contribution in [0.25, 0.3) is 0 Å². The third kappa shape index (κ3) is 4.26. The molecule has 1 unspecified atom stereocenters. The van der Waals surface area contributed by atoms with E-state index in [1.54, 1.807) is 0 Å². The summed E-state index contributed by atoms with van der Waals surface area (Å²) < 4.78 is 0. The van der Waals surface area contributed by atoms with E-state index >= 15 is 0 Å². The average Bonchev–Trinajstić information content (AvgIpc) is 2.56. The van der Waals surface area contributed by atoms with E-state index in [9.17, 15) is 4.79 Å². The highest BCUT2D eigenvalue weighted by molar-refractivity contribution is 5.78. The predicted octanol–water partition coefficient (Wildman–Crippen LogP) is 2.87. The van der Waals surface area contributed by atoms with E-state index in [-0.39, 0.29) is 17.9 Å². The molecule has 0 heterocycles. The Labute approximate surface area is 99.2 Å². The minimum Gasteiger partial charge on any atom is -0.352 e. The summed E-state index contributed by atoms with van der Waals surface area (Å²) in [5.74, 6) is 3.08. The van der Waals surface area contributed by atoms with Gasteiger partial charge in [0.25, 0.3) is 0 Å². The molecule has 0 aromatic rings. The zero-order valence-electron chi connectivity index (χ0n) is 10.3. The van der Waals surface area contributed by atoms with Gasteiger partial charge >= 0.3 is 0 Å². The van der Waals surface area contributed by atoms with Gasteiger partial charge in [0, 0.05) is 18.4 Å². The molecule has 1 atom stereocenters. The summed E-state index contributed by atoms with van der Waals surface area (Å²) in [6.45, 7) is 2.06. The highest BCUT2D eigenvalue weighted by Gasteiger charge is 2.21. The molecule has 1 rings (SSSR count). The summed E-state index contributed by atoms with van der Waals surface area (Å²) >= 11 is 0. The molecule has 16 heavy (non-hydrogen) atoms. The van der Waals surface area contributed by atoms with Crippen molar-refractivity contribution in [3.05, 3.63) is 0 Å². The number of hydrogen-bond donors (Lipinski definition) is 1. The average molecular weight is 221 g/mol. The molecule has 1 aliphatic rings. The monoisotopic (exact) mass is 221 g/mol. The smallest absolute Gasteiger partial charge is 0.223 e. The zero-order valence-corrected chi connectivity index (χ0v) is 10.3. The number of rotatable bonds is 4. The number of carbonyl (C=O) groups is 1. The zero-order chi connectivity index (χ0) is 11.8. The molecule has 0 radical (unpaired) electrons. The van der Waals surface area contributed by atoms with Crippen LogP contribution in [-0.4, -0.2) is 11.9 Å². The summed E-state index contributed by atoms with van der Waals surface area (Å²) in [7, 11) is 0. The van der Waals surface area contributed by atoms with Crippen molar-refractivity contribution in [3.63, 3.8) is 0 Å². The number of hydrogen-bond acceptors (Lipinski definition) is 1. The molecule has 2 nitrogen and oxygen atoms in total. The molecule has 1 amide bonds. The van der Waals surface area contributed by atoms with Gasteiger partial charge in [-0.2, -0.15) is 0 Å². The van der Waals surface area contributed by atoms with E-state index in [4.69, 9.17) is 6.42 Å². The Hall–Kier alpha value is -0.970. The molecule has 0 aromatic heterocycles. The summed E-state index contributed by atoms with van der Waals surface area (Å²) in [5.41, 5.74) is 0. The minimum atomic E-state index is 0.167. The van der Waals surface area contributed by atoms with Crippen molar-refractivity contribution in [1.29, 1.82) is 0 Å². The van der Waals surface area contributed by atoms with Gasteiger partial charge < -0.3 is 5.32 Å². The van der Waals surface area contributed by atoms with Gasteiger partial charge in [0.1, 0.15) is 0 Å². The Morgan fingerprint density at radius 1 is 1.38 bits per heavy atom. The van der Waals surface area contributed by atoms with Crippen LogP contribution in [-0.2, 0) is 4.79 Å². The van der Waals surface area contributed by atoms with Crippen LogP contribution in [0.2, 0.25) is 0 Å². The molecule has 90 valence electrons. The largest absolute Gasteiger partial charge is 0.352 e. The maximum atomic E-state index is 12.0. The molecule has 0 saturated heterocycles. The van der Waals surface area contributed by atoms with Crippen molar-refractivity contribution in [1.82, 2.24) is 5.32 Å². The second-order valence-electron chi connectivity index (χ2n) is 4.71. The van der Waals surface area contributed by atoms with E-state index in [1.165, 1.54) is 25.7 Å². The van der Waals surface area contributed by atoms with E-state index < -0.39 is 0 Å². The maximum Gasteiger partial charge on any atom is 0.223 e. The number of nitrogens with one attached hydrogen (secondary N) is 1. The molecule has 1 aliphatic carbocycles. The fourth-order valence-electron chi connectivity index (χ4n) is 2.30. The van der Waals surface area contributed by atoms with Crippen molar-refractivity contribution in [2.45, 2.75) is 64.3 Å². The number of amides is 1. The van der Waals surface area contributed by atoms with Crippen molar-refractivity contribution < 1.29 is 4.79 Å². The first-order valence-electron chi connectivity index (χ1n) is 6.51.